The Morgan fingerprint density at radius 3 is 2.57 bits per heavy atom. The first-order valence-corrected chi connectivity index (χ1v) is 10.5. The molecule has 0 radical (unpaired) electrons. The number of nitro groups is 1. The molecule has 1 amide bonds. The van der Waals surface area contributed by atoms with Crippen LogP contribution >= 0.6 is 11.3 Å². The molecule has 2 heterocycles. The molecule has 2 aromatic rings. The molecule has 30 heavy (non-hydrogen) atoms. The number of carbonyl (C=O) groups excluding carboxylic acids is 2. The highest BCUT2D eigenvalue weighted by Gasteiger charge is 2.24. The van der Waals surface area contributed by atoms with Gasteiger partial charge in [0.05, 0.1) is 24.2 Å². The molecule has 10 heteroatoms. The average Bonchev–Trinajstić information content (AvgIpc) is 3.04. The minimum atomic E-state index is -0.678. The average molecular weight is 432 g/mol. The van der Waals surface area contributed by atoms with E-state index in [0.717, 1.165) is 25.7 Å². The number of aryl methyl sites for hydroxylation is 2. The van der Waals surface area contributed by atoms with Gasteiger partial charge in [-0.15, -0.1) is 11.3 Å². The van der Waals surface area contributed by atoms with Crippen LogP contribution in [0.15, 0.2) is 18.2 Å². The van der Waals surface area contributed by atoms with E-state index in [2.05, 4.69) is 5.32 Å². The number of anilines is 1. The normalized spacial score (nSPS) is 14.9. The Morgan fingerprint density at radius 2 is 1.83 bits per heavy atom. The van der Waals surface area contributed by atoms with E-state index < -0.39 is 23.4 Å². The Kier molecular flexibility index (Phi) is 5.84. The van der Waals surface area contributed by atoms with Crippen molar-refractivity contribution in [3.05, 3.63) is 43.6 Å². The molecule has 0 unspecified atom stereocenters. The summed E-state index contributed by atoms with van der Waals surface area (Å²) in [7, 11) is 0. The summed E-state index contributed by atoms with van der Waals surface area (Å²) in [4.78, 5) is 37.0. The minimum absolute atomic E-state index is 0.0445. The molecule has 158 valence electrons. The molecule has 1 N–H and O–H groups in total. The maximum absolute atomic E-state index is 12.3. The molecule has 0 fully saturated rings. The van der Waals surface area contributed by atoms with Gasteiger partial charge in [0, 0.05) is 17.4 Å². The Bertz CT molecular complexity index is 978. The molecule has 4 rings (SSSR count). The summed E-state index contributed by atoms with van der Waals surface area (Å²) < 4.78 is 16.1. The zero-order valence-corrected chi connectivity index (χ0v) is 16.9. The van der Waals surface area contributed by atoms with E-state index in [0.29, 0.717) is 30.3 Å². The molecule has 0 bridgehead atoms. The van der Waals surface area contributed by atoms with Crippen molar-refractivity contribution in [1.82, 2.24) is 0 Å². The molecule has 0 saturated heterocycles. The van der Waals surface area contributed by atoms with Crippen LogP contribution in [-0.2, 0) is 22.4 Å². The highest BCUT2D eigenvalue weighted by atomic mass is 32.1. The summed E-state index contributed by atoms with van der Waals surface area (Å²) in [6.45, 7) is 0.242. The summed E-state index contributed by atoms with van der Waals surface area (Å²) in [5.74, 6) is -0.681. The lowest BCUT2D eigenvalue weighted by atomic mass is 9.99. The Balaban J connectivity index is 1.42. The van der Waals surface area contributed by atoms with E-state index in [-0.39, 0.29) is 17.1 Å². The van der Waals surface area contributed by atoms with E-state index in [1.807, 2.05) is 6.07 Å². The second kappa shape index (κ2) is 8.70. The molecule has 0 spiro atoms. The van der Waals surface area contributed by atoms with Crippen LogP contribution in [0.1, 0.15) is 39.4 Å². The lowest BCUT2D eigenvalue weighted by Gasteiger charge is -2.11. The number of ether oxygens (including phenoxy) is 3. The fourth-order valence-electron chi connectivity index (χ4n) is 3.43. The first-order chi connectivity index (χ1) is 14.5. The highest BCUT2D eigenvalue weighted by molar-refractivity contribution is 7.14. The van der Waals surface area contributed by atoms with Crippen LogP contribution in [0.25, 0.3) is 0 Å². The van der Waals surface area contributed by atoms with Crippen LogP contribution in [0.4, 0.5) is 11.4 Å². The number of hydrogen-bond donors (Lipinski definition) is 1. The number of benzene rings is 1. The summed E-state index contributed by atoms with van der Waals surface area (Å²) in [5, 5.41) is 13.8. The van der Waals surface area contributed by atoms with Gasteiger partial charge in [-0.25, -0.2) is 4.79 Å². The van der Waals surface area contributed by atoms with Crippen molar-refractivity contribution < 1.29 is 28.7 Å². The predicted molar refractivity (Wildman–Crippen MR) is 109 cm³/mol. The number of fused-ring (bicyclic) bond motifs is 2. The quantitative estimate of drug-likeness (QED) is 0.437. The van der Waals surface area contributed by atoms with Crippen molar-refractivity contribution in [2.45, 2.75) is 32.1 Å². The molecule has 9 nitrogen and oxygen atoms in total. The summed E-state index contributed by atoms with van der Waals surface area (Å²) in [6, 6.07) is 4.40. The van der Waals surface area contributed by atoms with Crippen LogP contribution in [-0.4, -0.2) is 36.6 Å². The van der Waals surface area contributed by atoms with Crippen molar-refractivity contribution >= 4 is 34.6 Å². The smallest absolute Gasteiger partial charge is 0.348 e. The van der Waals surface area contributed by atoms with Crippen LogP contribution in [0.5, 0.6) is 11.5 Å². The van der Waals surface area contributed by atoms with E-state index in [1.54, 1.807) is 0 Å². The lowest BCUT2D eigenvalue weighted by molar-refractivity contribution is -0.384. The molecular formula is C20H20N2O7S. The van der Waals surface area contributed by atoms with Gasteiger partial charge in [-0.2, -0.15) is 0 Å². The van der Waals surface area contributed by atoms with Gasteiger partial charge in [0.1, 0.15) is 10.6 Å². The van der Waals surface area contributed by atoms with Gasteiger partial charge < -0.3 is 19.5 Å². The van der Waals surface area contributed by atoms with Crippen molar-refractivity contribution in [1.29, 1.82) is 0 Å². The molecule has 2 aliphatic rings. The SMILES string of the molecule is O=C(COC(=O)c1cc2c(s1)CCCC2)Nc1cc2c(cc1[N+](=O)[O-])OCCCO2. The van der Waals surface area contributed by atoms with Crippen molar-refractivity contribution in [3.8, 4) is 11.5 Å². The Hall–Kier alpha value is -3.14. The van der Waals surface area contributed by atoms with E-state index in [4.69, 9.17) is 14.2 Å². The van der Waals surface area contributed by atoms with Crippen molar-refractivity contribution in [2.75, 3.05) is 25.1 Å². The largest absolute Gasteiger partial charge is 0.489 e. The number of nitrogens with one attached hydrogen (secondary N) is 1. The third kappa shape index (κ3) is 4.38. The maximum atomic E-state index is 12.3. The van der Waals surface area contributed by atoms with Gasteiger partial charge in [-0.05, 0) is 37.3 Å². The van der Waals surface area contributed by atoms with Gasteiger partial charge in [0.15, 0.2) is 18.1 Å². The van der Waals surface area contributed by atoms with Gasteiger partial charge in [0.2, 0.25) is 0 Å². The summed E-state index contributed by atoms with van der Waals surface area (Å²) in [5.41, 5.74) is 0.798. The Labute approximate surface area is 176 Å². The van der Waals surface area contributed by atoms with Gasteiger partial charge in [-0.1, -0.05) is 0 Å². The van der Waals surface area contributed by atoms with E-state index >= 15 is 0 Å². The van der Waals surface area contributed by atoms with Gasteiger partial charge in [0.25, 0.3) is 11.6 Å². The van der Waals surface area contributed by atoms with E-state index in [9.17, 15) is 19.7 Å². The van der Waals surface area contributed by atoms with Crippen LogP contribution in [0.2, 0.25) is 0 Å². The minimum Gasteiger partial charge on any atom is -0.489 e. The number of esters is 1. The fourth-order valence-corrected chi connectivity index (χ4v) is 4.58. The number of hydrogen-bond acceptors (Lipinski definition) is 8. The third-order valence-electron chi connectivity index (χ3n) is 4.87. The number of nitrogens with zero attached hydrogens (tertiary/aromatic N) is 1. The zero-order valence-electron chi connectivity index (χ0n) is 16.1. The number of rotatable bonds is 5. The van der Waals surface area contributed by atoms with Crippen molar-refractivity contribution in [3.63, 3.8) is 0 Å². The third-order valence-corrected chi connectivity index (χ3v) is 6.09. The molecule has 1 aromatic carbocycles. The molecular weight excluding hydrogens is 412 g/mol. The zero-order chi connectivity index (χ0) is 21.1. The number of amides is 1. The second-order valence-electron chi connectivity index (χ2n) is 7.01. The van der Waals surface area contributed by atoms with Gasteiger partial charge in [-0.3, -0.25) is 14.9 Å². The van der Waals surface area contributed by atoms with Crippen LogP contribution in [0, 0.1) is 10.1 Å². The van der Waals surface area contributed by atoms with E-state index in [1.165, 1.54) is 33.9 Å². The number of thiophene rings is 1. The molecule has 1 aliphatic heterocycles. The predicted octanol–water partition coefficient (Wildman–Crippen LogP) is 3.49. The monoisotopic (exact) mass is 432 g/mol. The molecule has 1 aromatic heterocycles. The van der Waals surface area contributed by atoms with Crippen LogP contribution in [0.3, 0.4) is 0 Å². The number of carbonyl (C=O) groups is 2. The maximum Gasteiger partial charge on any atom is 0.348 e. The standard InChI is InChI=1S/C20H20N2O7S/c23-19(11-29-20(24)18-8-12-4-1-2-5-17(12)30-18)21-13-9-15-16(10-14(13)22(25)26)28-7-3-6-27-15/h8-10H,1-7,11H2,(H,21,23). The second-order valence-corrected chi connectivity index (χ2v) is 8.15. The molecule has 0 atom stereocenters. The Morgan fingerprint density at radius 1 is 1.10 bits per heavy atom. The highest BCUT2D eigenvalue weighted by Crippen LogP contribution is 2.39. The first kappa shape index (κ1) is 20.1. The first-order valence-electron chi connectivity index (χ1n) is 9.68. The van der Waals surface area contributed by atoms with Gasteiger partial charge >= 0.3 is 5.97 Å². The molecule has 0 saturated carbocycles. The summed E-state index contributed by atoms with van der Waals surface area (Å²) >= 11 is 1.40. The molecule has 1 aliphatic carbocycles. The lowest BCUT2D eigenvalue weighted by Crippen LogP contribution is -2.21. The number of nitro benzene ring substituents is 1. The van der Waals surface area contributed by atoms with Crippen molar-refractivity contribution in [2.24, 2.45) is 0 Å². The fraction of sp³-hybridized carbons (Fsp3) is 0.400. The van der Waals surface area contributed by atoms with Crippen LogP contribution < -0.4 is 14.8 Å². The topological polar surface area (TPSA) is 117 Å². The summed E-state index contributed by atoms with van der Waals surface area (Å²) in [6.07, 6.45) is 4.77.